The van der Waals surface area contributed by atoms with E-state index in [1.807, 2.05) is 11.4 Å². The van der Waals surface area contributed by atoms with E-state index in [1.54, 1.807) is 30.3 Å². The van der Waals surface area contributed by atoms with E-state index in [2.05, 4.69) is 10.6 Å². The summed E-state index contributed by atoms with van der Waals surface area (Å²) in [5.74, 6) is -0.208. The fourth-order valence-electron chi connectivity index (χ4n) is 3.03. The van der Waals surface area contributed by atoms with Crippen LogP contribution in [0.25, 0.3) is 0 Å². The average molecular weight is 342 g/mol. The molecule has 126 valence electrons. The van der Waals surface area contributed by atoms with E-state index in [-0.39, 0.29) is 17.9 Å². The van der Waals surface area contributed by atoms with Gasteiger partial charge in [0.2, 0.25) is 0 Å². The highest BCUT2D eigenvalue weighted by Gasteiger charge is 2.16. The predicted octanol–water partition coefficient (Wildman–Crippen LogP) is 4.45. The first kappa shape index (κ1) is 16.7. The Balaban J connectivity index is 1.63. The molecular formula is C19H22N2O2S. The van der Waals surface area contributed by atoms with Crippen LogP contribution in [0, 0.1) is 0 Å². The maximum atomic E-state index is 12.5. The third-order valence-corrected chi connectivity index (χ3v) is 5.19. The number of hydrogen-bond donors (Lipinski definition) is 2. The van der Waals surface area contributed by atoms with E-state index < -0.39 is 0 Å². The van der Waals surface area contributed by atoms with Crippen LogP contribution in [0.15, 0.2) is 41.8 Å². The van der Waals surface area contributed by atoms with Gasteiger partial charge < -0.3 is 10.6 Å². The van der Waals surface area contributed by atoms with Crippen molar-refractivity contribution in [3.05, 3.63) is 52.2 Å². The van der Waals surface area contributed by atoms with E-state index in [0.717, 1.165) is 12.8 Å². The minimum atomic E-state index is -0.147. The maximum Gasteiger partial charge on any atom is 0.265 e. The molecule has 24 heavy (non-hydrogen) atoms. The summed E-state index contributed by atoms with van der Waals surface area (Å²) in [6.07, 6.45) is 7.00. The lowest BCUT2D eigenvalue weighted by molar-refractivity contribution is 0.0932. The molecular weight excluding hydrogens is 320 g/mol. The highest BCUT2D eigenvalue weighted by molar-refractivity contribution is 7.12. The van der Waals surface area contributed by atoms with Crippen molar-refractivity contribution in [2.45, 2.75) is 44.6 Å². The first-order chi connectivity index (χ1) is 11.7. The molecule has 0 unspecified atom stereocenters. The molecule has 2 aromatic rings. The number of rotatable bonds is 4. The zero-order valence-corrected chi connectivity index (χ0v) is 14.4. The second-order valence-corrected chi connectivity index (χ2v) is 7.12. The van der Waals surface area contributed by atoms with Gasteiger partial charge in [-0.15, -0.1) is 11.3 Å². The Labute approximate surface area is 146 Å². The van der Waals surface area contributed by atoms with Gasteiger partial charge in [-0.2, -0.15) is 0 Å². The molecule has 3 rings (SSSR count). The molecule has 1 aromatic carbocycles. The number of anilines is 1. The SMILES string of the molecule is O=C(NC1CCCCCC1)c1cccc(NC(=O)c2cccs2)c1. The van der Waals surface area contributed by atoms with Crippen molar-refractivity contribution in [3.63, 3.8) is 0 Å². The minimum Gasteiger partial charge on any atom is -0.349 e. The number of thiophene rings is 1. The first-order valence-corrected chi connectivity index (χ1v) is 9.36. The Kier molecular flexibility index (Phi) is 5.64. The van der Waals surface area contributed by atoms with E-state index >= 15 is 0 Å². The Morgan fingerprint density at radius 2 is 1.75 bits per heavy atom. The minimum absolute atomic E-state index is 0.0610. The van der Waals surface area contributed by atoms with E-state index in [1.165, 1.54) is 37.0 Å². The lowest BCUT2D eigenvalue weighted by atomic mass is 10.1. The van der Waals surface area contributed by atoms with Crippen molar-refractivity contribution in [1.82, 2.24) is 5.32 Å². The summed E-state index contributed by atoms with van der Waals surface area (Å²) in [6, 6.07) is 11.0. The molecule has 1 fully saturated rings. The fourth-order valence-corrected chi connectivity index (χ4v) is 3.65. The first-order valence-electron chi connectivity index (χ1n) is 8.48. The van der Waals surface area contributed by atoms with Crippen molar-refractivity contribution >= 4 is 28.8 Å². The lowest BCUT2D eigenvalue weighted by Crippen LogP contribution is -2.34. The topological polar surface area (TPSA) is 58.2 Å². The molecule has 0 atom stereocenters. The molecule has 5 heteroatoms. The Hall–Kier alpha value is -2.14. The smallest absolute Gasteiger partial charge is 0.265 e. The number of hydrogen-bond acceptors (Lipinski definition) is 3. The molecule has 0 aliphatic heterocycles. The molecule has 1 aliphatic carbocycles. The van der Waals surface area contributed by atoms with Gasteiger partial charge in [-0.1, -0.05) is 37.8 Å². The summed E-state index contributed by atoms with van der Waals surface area (Å²) in [6.45, 7) is 0. The number of benzene rings is 1. The Morgan fingerprint density at radius 1 is 0.958 bits per heavy atom. The molecule has 1 aromatic heterocycles. The monoisotopic (exact) mass is 342 g/mol. The zero-order valence-electron chi connectivity index (χ0n) is 13.6. The van der Waals surface area contributed by atoms with Crippen LogP contribution in [0.1, 0.15) is 58.6 Å². The van der Waals surface area contributed by atoms with Gasteiger partial charge >= 0.3 is 0 Å². The Bertz CT molecular complexity index is 689. The molecule has 0 radical (unpaired) electrons. The molecule has 1 aliphatic rings. The van der Waals surface area contributed by atoms with Gasteiger partial charge in [-0.25, -0.2) is 0 Å². The van der Waals surface area contributed by atoms with Crippen molar-refractivity contribution in [3.8, 4) is 0 Å². The van der Waals surface area contributed by atoms with Crippen LogP contribution in [-0.4, -0.2) is 17.9 Å². The van der Waals surface area contributed by atoms with Gasteiger partial charge in [0, 0.05) is 17.3 Å². The quantitative estimate of drug-likeness (QED) is 0.806. The average Bonchev–Trinajstić information content (AvgIpc) is 3.01. The highest BCUT2D eigenvalue weighted by Crippen LogP contribution is 2.19. The number of carbonyl (C=O) groups excluding carboxylic acids is 2. The zero-order chi connectivity index (χ0) is 16.8. The normalized spacial score (nSPS) is 15.5. The molecule has 0 saturated heterocycles. The third-order valence-electron chi connectivity index (χ3n) is 4.32. The fraction of sp³-hybridized carbons (Fsp3) is 0.368. The summed E-state index contributed by atoms with van der Waals surface area (Å²) < 4.78 is 0. The molecule has 2 amide bonds. The summed E-state index contributed by atoms with van der Waals surface area (Å²) in [5.41, 5.74) is 1.23. The predicted molar refractivity (Wildman–Crippen MR) is 97.7 cm³/mol. The van der Waals surface area contributed by atoms with E-state index in [4.69, 9.17) is 0 Å². The van der Waals surface area contributed by atoms with Crippen LogP contribution in [0.4, 0.5) is 5.69 Å². The molecule has 4 nitrogen and oxygen atoms in total. The van der Waals surface area contributed by atoms with Gasteiger partial charge in [0.05, 0.1) is 4.88 Å². The van der Waals surface area contributed by atoms with Gasteiger partial charge in [-0.3, -0.25) is 9.59 Å². The highest BCUT2D eigenvalue weighted by atomic mass is 32.1. The van der Waals surface area contributed by atoms with Crippen LogP contribution < -0.4 is 10.6 Å². The van der Waals surface area contributed by atoms with Gasteiger partial charge in [0.25, 0.3) is 11.8 Å². The summed E-state index contributed by atoms with van der Waals surface area (Å²) in [5, 5.41) is 7.84. The summed E-state index contributed by atoms with van der Waals surface area (Å²) in [7, 11) is 0. The van der Waals surface area contributed by atoms with Crippen LogP contribution in [-0.2, 0) is 0 Å². The number of amides is 2. The maximum absolute atomic E-state index is 12.5. The van der Waals surface area contributed by atoms with Gasteiger partial charge in [-0.05, 0) is 42.5 Å². The van der Waals surface area contributed by atoms with Crippen molar-refractivity contribution < 1.29 is 9.59 Å². The molecule has 1 saturated carbocycles. The standard InChI is InChI=1S/C19H22N2O2S/c22-18(20-15-8-3-1-2-4-9-15)14-7-5-10-16(13-14)21-19(23)17-11-6-12-24-17/h5-7,10-13,15H,1-4,8-9H2,(H,20,22)(H,21,23). The molecule has 1 heterocycles. The molecule has 2 N–H and O–H groups in total. The lowest BCUT2D eigenvalue weighted by Gasteiger charge is -2.16. The van der Waals surface area contributed by atoms with Crippen LogP contribution in [0.2, 0.25) is 0 Å². The van der Waals surface area contributed by atoms with Crippen molar-refractivity contribution in [1.29, 1.82) is 0 Å². The summed E-state index contributed by atoms with van der Waals surface area (Å²) >= 11 is 1.39. The number of nitrogens with one attached hydrogen (secondary N) is 2. The van der Waals surface area contributed by atoms with Crippen LogP contribution >= 0.6 is 11.3 Å². The largest absolute Gasteiger partial charge is 0.349 e. The third kappa shape index (κ3) is 4.45. The van der Waals surface area contributed by atoms with E-state index in [0.29, 0.717) is 16.1 Å². The Morgan fingerprint density at radius 3 is 2.46 bits per heavy atom. The second kappa shape index (κ2) is 8.11. The molecule has 0 bridgehead atoms. The van der Waals surface area contributed by atoms with E-state index in [9.17, 15) is 9.59 Å². The van der Waals surface area contributed by atoms with Gasteiger partial charge in [0.1, 0.15) is 0 Å². The second-order valence-electron chi connectivity index (χ2n) is 6.17. The van der Waals surface area contributed by atoms with Crippen molar-refractivity contribution in [2.24, 2.45) is 0 Å². The van der Waals surface area contributed by atoms with Crippen LogP contribution in [0.5, 0.6) is 0 Å². The van der Waals surface area contributed by atoms with Crippen LogP contribution in [0.3, 0.4) is 0 Å². The number of carbonyl (C=O) groups is 2. The van der Waals surface area contributed by atoms with Gasteiger partial charge in [0.15, 0.2) is 0 Å². The summed E-state index contributed by atoms with van der Waals surface area (Å²) in [4.78, 5) is 25.2. The molecule has 0 spiro atoms. The van der Waals surface area contributed by atoms with Crippen molar-refractivity contribution in [2.75, 3.05) is 5.32 Å².